The predicted octanol–water partition coefficient (Wildman–Crippen LogP) is 2.45. The molecule has 0 amide bonds. The van der Waals surface area contributed by atoms with Gasteiger partial charge in [-0.15, -0.1) is 0 Å². The van der Waals surface area contributed by atoms with E-state index in [2.05, 4.69) is 9.98 Å². The summed E-state index contributed by atoms with van der Waals surface area (Å²) < 4.78 is 16.2. The molecule has 0 bridgehead atoms. The zero-order valence-corrected chi connectivity index (χ0v) is 12.1. The zero-order valence-electron chi connectivity index (χ0n) is 12.1. The van der Waals surface area contributed by atoms with E-state index < -0.39 is 6.10 Å². The third-order valence-electron chi connectivity index (χ3n) is 3.35. The summed E-state index contributed by atoms with van der Waals surface area (Å²) in [6.07, 6.45) is 3.28. The van der Waals surface area contributed by atoms with Gasteiger partial charge in [-0.05, 0) is 18.2 Å². The topological polar surface area (TPSA) is 70.0 Å². The monoisotopic (exact) mass is 298 g/mol. The van der Waals surface area contributed by atoms with Crippen LogP contribution in [0.15, 0.2) is 41.7 Å². The van der Waals surface area contributed by atoms with Gasteiger partial charge in [0.2, 0.25) is 5.90 Å². The Morgan fingerprint density at radius 1 is 1.14 bits per heavy atom. The van der Waals surface area contributed by atoms with Gasteiger partial charge >= 0.3 is 0 Å². The number of hydrogen-bond acceptors (Lipinski definition) is 6. The van der Waals surface area contributed by atoms with Crippen LogP contribution in [0, 0.1) is 0 Å². The number of benzene rings is 1. The van der Waals surface area contributed by atoms with Crippen molar-refractivity contribution in [3.8, 4) is 11.5 Å². The van der Waals surface area contributed by atoms with E-state index in [1.165, 1.54) is 7.11 Å². The van der Waals surface area contributed by atoms with Gasteiger partial charge < -0.3 is 14.2 Å². The summed E-state index contributed by atoms with van der Waals surface area (Å²) in [7, 11) is 3.09. The van der Waals surface area contributed by atoms with E-state index in [4.69, 9.17) is 14.2 Å². The lowest BCUT2D eigenvalue weighted by molar-refractivity contribution is -0.114. The molecule has 1 atom stereocenters. The molecule has 0 spiro atoms. The van der Waals surface area contributed by atoms with Crippen molar-refractivity contribution < 1.29 is 19.0 Å². The molecule has 112 valence electrons. The fourth-order valence-electron chi connectivity index (χ4n) is 2.26. The number of carbonyl (C=O) groups excluding carboxylic acids is 1. The van der Waals surface area contributed by atoms with Crippen molar-refractivity contribution in [2.45, 2.75) is 6.10 Å². The number of fused-ring (bicyclic) bond motifs is 1. The predicted molar refractivity (Wildman–Crippen MR) is 79.9 cm³/mol. The Bertz CT molecular complexity index is 728. The maximum atomic E-state index is 11.4. The van der Waals surface area contributed by atoms with Crippen LogP contribution in [0.1, 0.15) is 17.2 Å². The molecule has 2 heterocycles. The van der Waals surface area contributed by atoms with E-state index in [9.17, 15) is 4.79 Å². The van der Waals surface area contributed by atoms with Crippen molar-refractivity contribution in [3.05, 3.63) is 47.8 Å². The van der Waals surface area contributed by atoms with Crippen LogP contribution in [-0.4, -0.2) is 31.4 Å². The first-order chi connectivity index (χ1) is 10.8. The highest BCUT2D eigenvalue weighted by atomic mass is 16.5. The summed E-state index contributed by atoms with van der Waals surface area (Å²) in [6.45, 7) is 0. The molecule has 1 aromatic carbocycles. The number of hydrogen-bond donors (Lipinski definition) is 0. The summed E-state index contributed by atoms with van der Waals surface area (Å²) in [6, 6.07) is 6.98. The minimum atomic E-state index is -0.740. The van der Waals surface area contributed by atoms with Gasteiger partial charge in [-0.2, -0.15) is 0 Å². The van der Waals surface area contributed by atoms with Crippen LogP contribution in [-0.2, 0) is 9.53 Å². The molecular formula is C16H14N2O4. The van der Waals surface area contributed by atoms with Gasteiger partial charge in [-0.3, -0.25) is 9.78 Å². The molecule has 3 rings (SSSR count). The number of methoxy groups -OCH3 is 2. The average Bonchev–Trinajstić information content (AvgIpc) is 2.60. The Balaban J connectivity index is 2.14. The zero-order chi connectivity index (χ0) is 15.5. The van der Waals surface area contributed by atoms with E-state index >= 15 is 0 Å². The lowest BCUT2D eigenvalue weighted by Gasteiger charge is -2.23. The fourth-order valence-corrected chi connectivity index (χ4v) is 2.26. The van der Waals surface area contributed by atoms with Gasteiger partial charge in [0.1, 0.15) is 0 Å². The SMILES string of the molecule is COc1cc2c(cc1OC)C(C=O)OC(c1ccncc1)=N2. The lowest BCUT2D eigenvalue weighted by Crippen LogP contribution is -2.18. The molecule has 1 unspecified atom stereocenters. The summed E-state index contributed by atoms with van der Waals surface area (Å²) in [4.78, 5) is 19.8. The molecule has 6 nitrogen and oxygen atoms in total. The molecule has 22 heavy (non-hydrogen) atoms. The molecule has 0 saturated heterocycles. The summed E-state index contributed by atoms with van der Waals surface area (Å²) >= 11 is 0. The van der Waals surface area contributed by atoms with E-state index in [0.717, 1.165) is 11.8 Å². The maximum Gasteiger partial charge on any atom is 0.222 e. The molecule has 1 aromatic heterocycles. The molecule has 6 heteroatoms. The minimum absolute atomic E-state index is 0.374. The molecule has 1 aliphatic heterocycles. The first-order valence-corrected chi connectivity index (χ1v) is 6.63. The number of nitrogens with zero attached hydrogens (tertiary/aromatic N) is 2. The minimum Gasteiger partial charge on any atom is -0.493 e. The number of carbonyl (C=O) groups is 1. The van der Waals surface area contributed by atoms with Crippen molar-refractivity contribution in [1.82, 2.24) is 4.98 Å². The second kappa shape index (κ2) is 5.85. The second-order valence-corrected chi connectivity index (χ2v) is 4.59. The van der Waals surface area contributed by atoms with Gasteiger partial charge in [0.05, 0.1) is 19.9 Å². The number of aldehydes is 1. The second-order valence-electron chi connectivity index (χ2n) is 4.59. The average molecular weight is 298 g/mol. The number of aliphatic imine (C=N–C) groups is 1. The first kappa shape index (κ1) is 14.1. The Labute approximate surface area is 127 Å². The molecule has 0 radical (unpaired) electrons. The van der Waals surface area contributed by atoms with E-state index in [0.29, 0.717) is 28.6 Å². The highest BCUT2D eigenvalue weighted by Gasteiger charge is 2.26. The summed E-state index contributed by atoms with van der Waals surface area (Å²) in [5, 5.41) is 0. The third-order valence-corrected chi connectivity index (χ3v) is 3.35. The fraction of sp³-hybridized carbons (Fsp3) is 0.188. The van der Waals surface area contributed by atoms with Crippen LogP contribution in [0.4, 0.5) is 5.69 Å². The smallest absolute Gasteiger partial charge is 0.222 e. The van der Waals surface area contributed by atoms with Crippen molar-refractivity contribution in [2.24, 2.45) is 4.99 Å². The van der Waals surface area contributed by atoms with E-state index in [-0.39, 0.29) is 0 Å². The normalized spacial score (nSPS) is 16.1. The molecule has 0 aliphatic carbocycles. The van der Waals surface area contributed by atoms with Gasteiger partial charge in [-0.25, -0.2) is 4.99 Å². The van der Waals surface area contributed by atoms with Crippen molar-refractivity contribution in [2.75, 3.05) is 14.2 Å². The van der Waals surface area contributed by atoms with Crippen molar-refractivity contribution >= 4 is 17.9 Å². The van der Waals surface area contributed by atoms with Gasteiger partial charge in [0.15, 0.2) is 23.9 Å². The third kappa shape index (κ3) is 2.39. The standard InChI is InChI=1S/C16H14N2O4/c1-20-13-7-11-12(8-14(13)21-2)18-16(22-15(11)9-19)10-3-5-17-6-4-10/h3-9,15H,1-2H3. The first-order valence-electron chi connectivity index (χ1n) is 6.63. The molecule has 2 aromatic rings. The highest BCUT2D eigenvalue weighted by Crippen LogP contribution is 2.41. The number of rotatable bonds is 4. The van der Waals surface area contributed by atoms with Gasteiger partial charge in [0, 0.05) is 29.6 Å². The molecule has 0 N–H and O–H groups in total. The molecular weight excluding hydrogens is 284 g/mol. The number of ether oxygens (including phenoxy) is 3. The lowest BCUT2D eigenvalue weighted by atomic mass is 10.0. The van der Waals surface area contributed by atoms with Gasteiger partial charge in [0.25, 0.3) is 0 Å². The van der Waals surface area contributed by atoms with Crippen LogP contribution < -0.4 is 9.47 Å². The van der Waals surface area contributed by atoms with Crippen LogP contribution in [0.25, 0.3) is 0 Å². The number of aromatic nitrogens is 1. The van der Waals surface area contributed by atoms with Crippen LogP contribution in [0.3, 0.4) is 0 Å². The summed E-state index contributed by atoms with van der Waals surface area (Å²) in [5.41, 5.74) is 2.01. The Morgan fingerprint density at radius 2 is 1.82 bits per heavy atom. The molecule has 0 fully saturated rings. The van der Waals surface area contributed by atoms with Gasteiger partial charge in [-0.1, -0.05) is 0 Å². The Hall–Kier alpha value is -2.89. The Morgan fingerprint density at radius 3 is 2.45 bits per heavy atom. The number of pyridine rings is 1. The van der Waals surface area contributed by atoms with Crippen LogP contribution in [0.2, 0.25) is 0 Å². The van der Waals surface area contributed by atoms with Crippen molar-refractivity contribution in [3.63, 3.8) is 0 Å². The largest absolute Gasteiger partial charge is 0.493 e. The van der Waals surface area contributed by atoms with Crippen LogP contribution in [0.5, 0.6) is 11.5 Å². The highest BCUT2D eigenvalue weighted by molar-refractivity contribution is 5.98. The maximum absolute atomic E-state index is 11.4. The van der Waals surface area contributed by atoms with Crippen molar-refractivity contribution in [1.29, 1.82) is 0 Å². The quantitative estimate of drug-likeness (QED) is 0.811. The molecule has 1 aliphatic rings. The van der Waals surface area contributed by atoms with E-state index in [1.807, 2.05) is 0 Å². The Kier molecular flexibility index (Phi) is 3.74. The van der Waals surface area contributed by atoms with Crippen LogP contribution >= 0.6 is 0 Å². The summed E-state index contributed by atoms with van der Waals surface area (Å²) in [5.74, 6) is 1.45. The van der Waals surface area contributed by atoms with E-state index in [1.54, 1.807) is 43.8 Å². The molecule has 0 saturated carbocycles.